The molecule has 0 aliphatic carbocycles. The lowest BCUT2D eigenvalue weighted by molar-refractivity contribution is 0.0649. The lowest BCUT2D eigenvalue weighted by Crippen LogP contribution is -2.44. The number of rotatable bonds is 5. The van der Waals surface area contributed by atoms with E-state index in [1.807, 2.05) is 12.1 Å². The molecule has 2 aliphatic heterocycles. The molecule has 0 saturated heterocycles. The normalized spacial score (nSPS) is 20.0. The molecule has 0 fully saturated rings. The van der Waals surface area contributed by atoms with Gasteiger partial charge in [0, 0.05) is 30.1 Å². The molecule has 31 heavy (non-hydrogen) atoms. The van der Waals surface area contributed by atoms with E-state index in [4.69, 9.17) is 11.6 Å². The first-order chi connectivity index (χ1) is 15.1. The summed E-state index contributed by atoms with van der Waals surface area (Å²) in [5.41, 5.74) is 4.55. The highest BCUT2D eigenvalue weighted by molar-refractivity contribution is 6.30. The highest BCUT2D eigenvalue weighted by Gasteiger charge is 2.39. The van der Waals surface area contributed by atoms with E-state index in [0.29, 0.717) is 29.1 Å². The Morgan fingerprint density at radius 2 is 1.52 bits per heavy atom. The minimum Gasteiger partial charge on any atom is -0.311 e. The van der Waals surface area contributed by atoms with Gasteiger partial charge in [0.05, 0.1) is 11.1 Å². The number of nitrogens with one attached hydrogen (secondary N) is 1. The van der Waals surface area contributed by atoms with Gasteiger partial charge in [-0.05, 0) is 53.8 Å². The predicted octanol–water partition coefficient (Wildman–Crippen LogP) is 4.81. The number of amides is 2. The van der Waals surface area contributed by atoms with Gasteiger partial charge in [-0.3, -0.25) is 14.5 Å². The average Bonchev–Trinajstić information content (AvgIpc) is 3.05. The van der Waals surface area contributed by atoms with Crippen molar-refractivity contribution in [3.05, 3.63) is 106 Å². The summed E-state index contributed by atoms with van der Waals surface area (Å²) in [5, 5.41) is 4.28. The molecule has 0 spiro atoms. The summed E-state index contributed by atoms with van der Waals surface area (Å²) in [6, 6.07) is 23.6. The molecule has 0 aromatic heterocycles. The van der Waals surface area contributed by atoms with E-state index < -0.39 is 0 Å². The number of benzene rings is 3. The van der Waals surface area contributed by atoms with Crippen molar-refractivity contribution in [2.45, 2.75) is 24.8 Å². The number of carbonyl (C=O) groups excluding carboxylic acids is 2. The molecule has 0 bridgehead atoms. The zero-order valence-corrected chi connectivity index (χ0v) is 17.9. The fourth-order valence-electron chi connectivity index (χ4n) is 5.02. The van der Waals surface area contributed by atoms with Crippen molar-refractivity contribution in [2.75, 3.05) is 13.1 Å². The molecular weight excluding hydrogens is 408 g/mol. The summed E-state index contributed by atoms with van der Waals surface area (Å²) in [5.74, 6) is -0.383. The maximum atomic E-state index is 12.8. The summed E-state index contributed by atoms with van der Waals surface area (Å²) in [7, 11) is 0. The first-order valence-corrected chi connectivity index (χ1v) is 11.0. The molecule has 5 heteroatoms. The van der Waals surface area contributed by atoms with Gasteiger partial charge in [0.2, 0.25) is 0 Å². The summed E-state index contributed by atoms with van der Waals surface area (Å²) >= 11 is 6.17. The number of halogens is 1. The van der Waals surface area contributed by atoms with Crippen molar-refractivity contribution in [1.82, 2.24) is 10.2 Å². The van der Waals surface area contributed by atoms with Crippen LogP contribution < -0.4 is 5.32 Å². The van der Waals surface area contributed by atoms with E-state index in [1.54, 1.807) is 24.3 Å². The van der Waals surface area contributed by atoms with Gasteiger partial charge in [0.25, 0.3) is 11.8 Å². The average molecular weight is 431 g/mol. The standard InChI is InChI=1S/C26H23ClN2O2/c27-20-12-10-19(11-13-20)26(17-28-16-18-6-1-4-9-23(18)26)14-5-15-29-24(30)21-7-2-3-8-22(21)25(29)31/h1-4,6-13,28H,5,14-17H2. The first kappa shape index (κ1) is 20.0. The maximum Gasteiger partial charge on any atom is 0.261 e. The number of nitrogens with zero attached hydrogens (tertiary/aromatic N) is 1. The SMILES string of the molecule is O=C1c2ccccc2C(=O)N1CCCC1(c2ccc(Cl)cc2)CNCc2ccccc21. The van der Waals surface area contributed by atoms with Gasteiger partial charge < -0.3 is 5.32 Å². The molecule has 1 unspecified atom stereocenters. The summed E-state index contributed by atoms with van der Waals surface area (Å²) in [6.07, 6.45) is 1.52. The maximum absolute atomic E-state index is 12.8. The third-order valence-electron chi connectivity index (χ3n) is 6.54. The number of carbonyl (C=O) groups is 2. The quantitative estimate of drug-likeness (QED) is 0.591. The Balaban J connectivity index is 1.43. The number of hydrogen-bond acceptors (Lipinski definition) is 3. The molecular formula is C26H23ClN2O2. The van der Waals surface area contributed by atoms with Crippen LogP contribution in [0.15, 0.2) is 72.8 Å². The fourth-order valence-corrected chi connectivity index (χ4v) is 5.15. The van der Waals surface area contributed by atoms with Gasteiger partial charge in [-0.15, -0.1) is 0 Å². The molecule has 1 atom stereocenters. The monoisotopic (exact) mass is 430 g/mol. The van der Waals surface area contributed by atoms with Crippen LogP contribution in [-0.2, 0) is 12.0 Å². The molecule has 1 N–H and O–H groups in total. The Morgan fingerprint density at radius 3 is 2.23 bits per heavy atom. The Hall–Kier alpha value is -2.95. The minimum absolute atomic E-state index is 0.191. The second kappa shape index (κ2) is 7.95. The van der Waals surface area contributed by atoms with Gasteiger partial charge in [0.15, 0.2) is 0 Å². The van der Waals surface area contributed by atoms with E-state index >= 15 is 0 Å². The molecule has 3 aromatic carbocycles. The van der Waals surface area contributed by atoms with E-state index in [0.717, 1.165) is 19.5 Å². The van der Waals surface area contributed by atoms with Crippen LogP contribution in [-0.4, -0.2) is 29.8 Å². The largest absolute Gasteiger partial charge is 0.311 e. The highest BCUT2D eigenvalue weighted by Crippen LogP contribution is 2.41. The van der Waals surface area contributed by atoms with Crippen molar-refractivity contribution in [3.8, 4) is 0 Å². The summed E-state index contributed by atoms with van der Waals surface area (Å²) < 4.78 is 0. The molecule has 2 amide bonds. The Morgan fingerprint density at radius 1 is 0.871 bits per heavy atom. The van der Waals surface area contributed by atoms with E-state index in [2.05, 4.69) is 41.7 Å². The molecule has 0 radical (unpaired) electrons. The lowest BCUT2D eigenvalue weighted by atomic mass is 9.68. The van der Waals surface area contributed by atoms with E-state index in [-0.39, 0.29) is 17.2 Å². The number of hydrogen-bond donors (Lipinski definition) is 1. The molecule has 5 rings (SSSR count). The van der Waals surface area contributed by atoms with Gasteiger partial charge in [-0.25, -0.2) is 0 Å². The molecule has 0 saturated carbocycles. The third-order valence-corrected chi connectivity index (χ3v) is 6.79. The Bertz CT molecular complexity index is 1120. The van der Waals surface area contributed by atoms with Crippen LogP contribution in [0.5, 0.6) is 0 Å². The number of imide groups is 1. The van der Waals surface area contributed by atoms with Crippen LogP contribution in [0.1, 0.15) is 50.2 Å². The molecule has 4 nitrogen and oxygen atoms in total. The molecule has 2 aliphatic rings. The highest BCUT2D eigenvalue weighted by atomic mass is 35.5. The van der Waals surface area contributed by atoms with E-state index in [9.17, 15) is 9.59 Å². The van der Waals surface area contributed by atoms with Crippen molar-refractivity contribution >= 4 is 23.4 Å². The van der Waals surface area contributed by atoms with Crippen molar-refractivity contribution < 1.29 is 9.59 Å². The number of fused-ring (bicyclic) bond motifs is 2. The zero-order chi connectivity index (χ0) is 21.4. The van der Waals surface area contributed by atoms with Gasteiger partial charge in [0.1, 0.15) is 0 Å². The van der Waals surface area contributed by atoms with Gasteiger partial charge in [-0.1, -0.05) is 60.1 Å². The van der Waals surface area contributed by atoms with Crippen LogP contribution in [0.3, 0.4) is 0 Å². The smallest absolute Gasteiger partial charge is 0.261 e. The molecule has 3 aromatic rings. The fraction of sp³-hybridized carbons (Fsp3) is 0.231. The Kier molecular flexibility index (Phi) is 5.12. The molecule has 2 heterocycles. The van der Waals surface area contributed by atoms with Crippen LogP contribution in [0, 0.1) is 0 Å². The second-order valence-corrected chi connectivity index (χ2v) is 8.70. The summed E-state index contributed by atoms with van der Waals surface area (Å²) in [4.78, 5) is 26.9. The topological polar surface area (TPSA) is 49.4 Å². The van der Waals surface area contributed by atoms with Crippen LogP contribution in [0.25, 0.3) is 0 Å². The van der Waals surface area contributed by atoms with Crippen molar-refractivity contribution in [2.24, 2.45) is 0 Å². The Labute approximate surface area is 186 Å². The van der Waals surface area contributed by atoms with Gasteiger partial charge >= 0.3 is 0 Å². The second-order valence-electron chi connectivity index (χ2n) is 8.26. The van der Waals surface area contributed by atoms with Crippen LogP contribution in [0.4, 0.5) is 0 Å². The lowest BCUT2D eigenvalue weighted by Gasteiger charge is -2.41. The third kappa shape index (κ3) is 3.36. The first-order valence-electron chi connectivity index (χ1n) is 10.6. The van der Waals surface area contributed by atoms with Crippen molar-refractivity contribution in [1.29, 1.82) is 0 Å². The van der Waals surface area contributed by atoms with Crippen LogP contribution >= 0.6 is 11.6 Å². The van der Waals surface area contributed by atoms with Gasteiger partial charge in [-0.2, -0.15) is 0 Å². The zero-order valence-electron chi connectivity index (χ0n) is 17.1. The molecule has 156 valence electrons. The minimum atomic E-state index is -0.238. The van der Waals surface area contributed by atoms with Crippen molar-refractivity contribution in [3.63, 3.8) is 0 Å². The predicted molar refractivity (Wildman–Crippen MR) is 121 cm³/mol. The van der Waals surface area contributed by atoms with E-state index in [1.165, 1.54) is 21.6 Å². The summed E-state index contributed by atoms with van der Waals surface area (Å²) in [6.45, 7) is 2.04. The van der Waals surface area contributed by atoms with Crippen LogP contribution in [0.2, 0.25) is 5.02 Å².